The van der Waals surface area contributed by atoms with Crippen LogP contribution in [0.4, 0.5) is 10.1 Å². The third kappa shape index (κ3) is 2.63. The lowest BCUT2D eigenvalue weighted by atomic mass is 10.3. The molecular weight excluding hydrogens is 161 g/mol. The van der Waals surface area contributed by atoms with Crippen molar-refractivity contribution in [1.29, 1.82) is 0 Å². The Hall–Kier alpha value is -0.960. The highest BCUT2D eigenvalue weighted by Crippen LogP contribution is 2.08. The molecule has 1 nitrogen and oxygen atoms in total. The van der Waals surface area contributed by atoms with E-state index in [4.69, 9.17) is 12.2 Å². The highest BCUT2D eigenvalue weighted by Gasteiger charge is 1.93. The van der Waals surface area contributed by atoms with E-state index in [1.165, 1.54) is 12.1 Å². The van der Waals surface area contributed by atoms with Gasteiger partial charge in [-0.05, 0) is 25.1 Å². The van der Waals surface area contributed by atoms with Crippen LogP contribution >= 0.6 is 12.2 Å². The highest BCUT2D eigenvalue weighted by molar-refractivity contribution is 7.80. The first-order valence-corrected chi connectivity index (χ1v) is 3.62. The fourth-order valence-corrected chi connectivity index (χ4v) is 0.887. The van der Waals surface area contributed by atoms with E-state index in [1.807, 2.05) is 0 Å². The zero-order valence-electron chi connectivity index (χ0n) is 6.10. The molecule has 0 aliphatic carbocycles. The maximum atomic E-state index is 12.5. The summed E-state index contributed by atoms with van der Waals surface area (Å²) in [6.07, 6.45) is 0. The first kappa shape index (κ1) is 8.14. The first-order chi connectivity index (χ1) is 5.18. The molecule has 0 amide bonds. The molecule has 0 bridgehead atoms. The lowest BCUT2D eigenvalue weighted by molar-refractivity contribution is 0.628. The van der Waals surface area contributed by atoms with Crippen LogP contribution < -0.4 is 5.32 Å². The molecule has 0 spiro atoms. The number of thiocarbonyl (C=S) groups is 1. The van der Waals surface area contributed by atoms with Crippen molar-refractivity contribution >= 4 is 22.9 Å². The Balaban J connectivity index is 2.79. The zero-order valence-corrected chi connectivity index (χ0v) is 6.91. The predicted octanol–water partition coefficient (Wildman–Crippen LogP) is 2.58. The standard InChI is InChI=1S/C8H8FNS/c1-6(11)10-8-4-2-3-7(9)5-8/h2-5H,1H3,(H,10,11). The summed E-state index contributed by atoms with van der Waals surface area (Å²) in [7, 11) is 0. The van der Waals surface area contributed by atoms with Crippen molar-refractivity contribution in [2.24, 2.45) is 0 Å². The summed E-state index contributed by atoms with van der Waals surface area (Å²) >= 11 is 4.79. The van der Waals surface area contributed by atoms with Crippen LogP contribution in [-0.2, 0) is 0 Å². The summed E-state index contributed by atoms with van der Waals surface area (Å²) < 4.78 is 12.5. The molecule has 0 atom stereocenters. The minimum absolute atomic E-state index is 0.258. The molecule has 1 aromatic rings. The number of nitrogens with one attached hydrogen (secondary N) is 1. The average molecular weight is 169 g/mol. The molecule has 0 heterocycles. The van der Waals surface area contributed by atoms with Gasteiger partial charge in [0, 0.05) is 5.69 Å². The minimum atomic E-state index is -0.258. The number of hydrogen-bond donors (Lipinski definition) is 1. The molecule has 1 N–H and O–H groups in total. The largest absolute Gasteiger partial charge is 0.350 e. The van der Waals surface area contributed by atoms with Gasteiger partial charge in [0.2, 0.25) is 0 Å². The molecule has 0 unspecified atom stereocenters. The van der Waals surface area contributed by atoms with Crippen LogP contribution in [0.5, 0.6) is 0 Å². The number of hydrogen-bond acceptors (Lipinski definition) is 1. The highest BCUT2D eigenvalue weighted by atomic mass is 32.1. The van der Waals surface area contributed by atoms with E-state index in [0.29, 0.717) is 10.7 Å². The van der Waals surface area contributed by atoms with Gasteiger partial charge in [0.15, 0.2) is 0 Å². The van der Waals surface area contributed by atoms with E-state index in [9.17, 15) is 4.39 Å². The number of benzene rings is 1. The van der Waals surface area contributed by atoms with Gasteiger partial charge >= 0.3 is 0 Å². The zero-order chi connectivity index (χ0) is 8.27. The van der Waals surface area contributed by atoms with Crippen LogP contribution in [0.3, 0.4) is 0 Å². The van der Waals surface area contributed by atoms with Crippen molar-refractivity contribution in [1.82, 2.24) is 0 Å². The van der Waals surface area contributed by atoms with Gasteiger partial charge in [0.05, 0.1) is 4.99 Å². The van der Waals surface area contributed by atoms with Crippen LogP contribution in [-0.4, -0.2) is 4.99 Å². The summed E-state index contributed by atoms with van der Waals surface area (Å²) in [5.41, 5.74) is 0.692. The van der Waals surface area contributed by atoms with Gasteiger partial charge in [0.1, 0.15) is 5.82 Å². The molecule has 0 aromatic heterocycles. The second kappa shape index (κ2) is 3.44. The first-order valence-electron chi connectivity index (χ1n) is 3.21. The van der Waals surface area contributed by atoms with E-state index in [2.05, 4.69) is 5.32 Å². The molecule has 0 aliphatic heterocycles. The van der Waals surface area contributed by atoms with E-state index in [-0.39, 0.29) is 5.82 Å². The van der Waals surface area contributed by atoms with Gasteiger partial charge in [0.25, 0.3) is 0 Å². The summed E-state index contributed by atoms with van der Waals surface area (Å²) in [5.74, 6) is -0.258. The SMILES string of the molecule is CC(=S)Nc1cccc(F)c1. The van der Waals surface area contributed by atoms with Crippen molar-refractivity contribution in [3.63, 3.8) is 0 Å². The monoisotopic (exact) mass is 169 g/mol. The third-order valence-electron chi connectivity index (χ3n) is 1.14. The Morgan fingerprint density at radius 3 is 2.82 bits per heavy atom. The Morgan fingerprint density at radius 1 is 1.55 bits per heavy atom. The topological polar surface area (TPSA) is 12.0 Å². The number of anilines is 1. The van der Waals surface area contributed by atoms with Gasteiger partial charge in [-0.3, -0.25) is 0 Å². The normalized spacial score (nSPS) is 9.27. The van der Waals surface area contributed by atoms with E-state index in [0.717, 1.165) is 0 Å². The molecule has 11 heavy (non-hydrogen) atoms. The second-order valence-corrected chi connectivity index (χ2v) is 2.80. The van der Waals surface area contributed by atoms with E-state index in [1.54, 1.807) is 19.1 Å². The fourth-order valence-electron chi connectivity index (χ4n) is 0.769. The van der Waals surface area contributed by atoms with Crippen LogP contribution in [0.2, 0.25) is 0 Å². The summed E-state index contributed by atoms with van der Waals surface area (Å²) in [5, 5.41) is 2.84. The molecule has 58 valence electrons. The summed E-state index contributed by atoms with van der Waals surface area (Å²) in [6.45, 7) is 1.75. The van der Waals surface area contributed by atoms with Crippen LogP contribution in [0.25, 0.3) is 0 Å². The molecule has 0 saturated carbocycles. The molecule has 0 aliphatic rings. The van der Waals surface area contributed by atoms with E-state index >= 15 is 0 Å². The predicted molar refractivity (Wildman–Crippen MR) is 48.3 cm³/mol. The second-order valence-electron chi connectivity index (χ2n) is 2.19. The number of rotatable bonds is 1. The van der Waals surface area contributed by atoms with Gasteiger partial charge < -0.3 is 5.32 Å². The Kier molecular flexibility index (Phi) is 2.54. The molecule has 1 rings (SSSR count). The molecule has 3 heteroatoms. The number of halogens is 1. The maximum Gasteiger partial charge on any atom is 0.125 e. The molecule has 0 saturated heterocycles. The average Bonchev–Trinajstić information content (AvgIpc) is 1.85. The van der Waals surface area contributed by atoms with Crippen molar-refractivity contribution in [2.45, 2.75) is 6.92 Å². The molecule has 0 radical (unpaired) electrons. The third-order valence-corrected chi connectivity index (χ3v) is 1.25. The Bertz CT molecular complexity index is 273. The van der Waals surface area contributed by atoms with Crippen LogP contribution in [0.1, 0.15) is 6.92 Å². The Morgan fingerprint density at radius 2 is 2.27 bits per heavy atom. The van der Waals surface area contributed by atoms with E-state index < -0.39 is 0 Å². The fraction of sp³-hybridized carbons (Fsp3) is 0.125. The lowest BCUT2D eigenvalue weighted by Crippen LogP contribution is -2.02. The van der Waals surface area contributed by atoms with Crippen molar-refractivity contribution in [3.8, 4) is 0 Å². The molecule has 0 fully saturated rings. The summed E-state index contributed by atoms with van der Waals surface area (Å²) in [4.78, 5) is 0.635. The summed E-state index contributed by atoms with van der Waals surface area (Å²) in [6, 6.07) is 6.19. The maximum absolute atomic E-state index is 12.5. The van der Waals surface area contributed by atoms with Crippen LogP contribution in [0, 0.1) is 5.82 Å². The van der Waals surface area contributed by atoms with Crippen molar-refractivity contribution < 1.29 is 4.39 Å². The van der Waals surface area contributed by atoms with Gasteiger partial charge in [-0.15, -0.1) is 0 Å². The minimum Gasteiger partial charge on any atom is -0.350 e. The molecule has 1 aromatic carbocycles. The van der Waals surface area contributed by atoms with Gasteiger partial charge in [-0.25, -0.2) is 4.39 Å². The Labute approximate surface area is 70.2 Å². The smallest absolute Gasteiger partial charge is 0.125 e. The van der Waals surface area contributed by atoms with Gasteiger partial charge in [-0.1, -0.05) is 18.3 Å². The van der Waals surface area contributed by atoms with Crippen molar-refractivity contribution in [2.75, 3.05) is 5.32 Å². The lowest BCUT2D eigenvalue weighted by Gasteiger charge is -2.01. The molecular formula is C8H8FNS. The van der Waals surface area contributed by atoms with Crippen LogP contribution in [0.15, 0.2) is 24.3 Å². The van der Waals surface area contributed by atoms with Crippen molar-refractivity contribution in [3.05, 3.63) is 30.1 Å². The quantitative estimate of drug-likeness (QED) is 0.648. The van der Waals surface area contributed by atoms with Gasteiger partial charge in [-0.2, -0.15) is 0 Å².